The molecule has 2 fully saturated rings. The number of aliphatic hydroxyl groups is 3. The quantitative estimate of drug-likeness (QED) is 0.801. The molecule has 3 atom stereocenters. The van der Waals surface area contributed by atoms with Crippen molar-refractivity contribution in [3.63, 3.8) is 0 Å². The van der Waals surface area contributed by atoms with Gasteiger partial charge < -0.3 is 20.1 Å². The largest absolute Gasteiger partial charge is 0.394 e. The Labute approximate surface area is 137 Å². The van der Waals surface area contributed by atoms with Gasteiger partial charge in [-0.25, -0.2) is 0 Å². The summed E-state index contributed by atoms with van der Waals surface area (Å²) in [6, 6.07) is 8.21. The van der Waals surface area contributed by atoms with E-state index in [1.165, 1.54) is 5.57 Å². The molecule has 0 radical (unpaired) electrons. The van der Waals surface area contributed by atoms with Gasteiger partial charge in [-0.3, -0.25) is 0 Å². The topological polar surface area (TPSA) is 69.9 Å². The van der Waals surface area contributed by atoms with Gasteiger partial charge in [-0.1, -0.05) is 29.8 Å². The number of hydrogen-bond acceptors (Lipinski definition) is 4. The zero-order chi connectivity index (χ0) is 16.2. The van der Waals surface area contributed by atoms with Crippen molar-refractivity contribution in [1.29, 1.82) is 0 Å². The number of allylic oxidation sites excluding steroid dienone is 1. The van der Waals surface area contributed by atoms with Gasteiger partial charge in [0.05, 0.1) is 31.0 Å². The SMILES string of the molecule is OCC1CC(O)CC(c2cccc(C=C3CCC(O)CC3)c2)O1. The van der Waals surface area contributed by atoms with Crippen LogP contribution in [0.25, 0.3) is 6.08 Å². The first-order valence-corrected chi connectivity index (χ1v) is 8.56. The van der Waals surface area contributed by atoms with Gasteiger partial charge in [0.15, 0.2) is 0 Å². The molecular formula is C19H26O4. The fourth-order valence-corrected chi connectivity index (χ4v) is 3.52. The average molecular weight is 318 g/mol. The molecule has 0 aromatic heterocycles. The Hall–Kier alpha value is -1.20. The average Bonchev–Trinajstić information content (AvgIpc) is 2.56. The predicted octanol–water partition coefficient (Wildman–Crippen LogP) is 2.58. The van der Waals surface area contributed by atoms with Gasteiger partial charge in [0, 0.05) is 12.8 Å². The summed E-state index contributed by atoms with van der Waals surface area (Å²) in [5.41, 5.74) is 3.57. The second-order valence-corrected chi connectivity index (χ2v) is 6.76. The summed E-state index contributed by atoms with van der Waals surface area (Å²) in [4.78, 5) is 0. The third-order valence-electron chi connectivity index (χ3n) is 4.83. The van der Waals surface area contributed by atoms with E-state index in [2.05, 4.69) is 18.2 Å². The van der Waals surface area contributed by atoms with Crippen molar-refractivity contribution < 1.29 is 20.1 Å². The van der Waals surface area contributed by atoms with E-state index in [4.69, 9.17) is 4.74 Å². The molecule has 23 heavy (non-hydrogen) atoms. The van der Waals surface area contributed by atoms with Gasteiger partial charge in [-0.05, 0) is 42.9 Å². The molecule has 1 aromatic carbocycles. The highest BCUT2D eigenvalue weighted by atomic mass is 16.5. The predicted molar refractivity (Wildman–Crippen MR) is 88.8 cm³/mol. The molecule has 4 heteroatoms. The van der Waals surface area contributed by atoms with Crippen LogP contribution in [-0.2, 0) is 4.74 Å². The van der Waals surface area contributed by atoms with Gasteiger partial charge in [-0.15, -0.1) is 0 Å². The molecule has 3 unspecified atom stereocenters. The Bertz CT molecular complexity index is 544. The van der Waals surface area contributed by atoms with Crippen molar-refractivity contribution >= 4 is 6.08 Å². The molecule has 0 amide bonds. The van der Waals surface area contributed by atoms with E-state index in [0.29, 0.717) is 12.8 Å². The molecule has 126 valence electrons. The molecule has 1 saturated carbocycles. The number of rotatable bonds is 3. The van der Waals surface area contributed by atoms with E-state index < -0.39 is 6.10 Å². The summed E-state index contributed by atoms with van der Waals surface area (Å²) >= 11 is 0. The maximum absolute atomic E-state index is 9.97. The molecule has 4 nitrogen and oxygen atoms in total. The lowest BCUT2D eigenvalue weighted by Crippen LogP contribution is -2.33. The van der Waals surface area contributed by atoms with Crippen LogP contribution in [-0.4, -0.2) is 40.2 Å². The van der Waals surface area contributed by atoms with Gasteiger partial charge in [0.2, 0.25) is 0 Å². The van der Waals surface area contributed by atoms with E-state index in [1.807, 2.05) is 12.1 Å². The first-order valence-electron chi connectivity index (χ1n) is 8.56. The van der Waals surface area contributed by atoms with Gasteiger partial charge in [0.1, 0.15) is 0 Å². The third-order valence-corrected chi connectivity index (χ3v) is 4.83. The Morgan fingerprint density at radius 1 is 1.09 bits per heavy atom. The van der Waals surface area contributed by atoms with Crippen LogP contribution in [0.5, 0.6) is 0 Å². The van der Waals surface area contributed by atoms with E-state index in [9.17, 15) is 15.3 Å². The van der Waals surface area contributed by atoms with Crippen LogP contribution >= 0.6 is 0 Å². The zero-order valence-corrected chi connectivity index (χ0v) is 13.4. The highest BCUT2D eigenvalue weighted by Crippen LogP contribution is 2.32. The van der Waals surface area contributed by atoms with Crippen LogP contribution in [0.1, 0.15) is 55.8 Å². The van der Waals surface area contributed by atoms with Crippen molar-refractivity contribution in [2.75, 3.05) is 6.61 Å². The van der Waals surface area contributed by atoms with E-state index in [0.717, 1.165) is 36.8 Å². The minimum absolute atomic E-state index is 0.0559. The summed E-state index contributed by atoms with van der Waals surface area (Å²) in [5, 5.41) is 28.9. The van der Waals surface area contributed by atoms with E-state index >= 15 is 0 Å². The maximum Gasteiger partial charge on any atom is 0.0854 e. The molecule has 1 aliphatic heterocycles. The van der Waals surface area contributed by atoms with Crippen molar-refractivity contribution in [3.8, 4) is 0 Å². The van der Waals surface area contributed by atoms with Crippen molar-refractivity contribution in [2.24, 2.45) is 0 Å². The molecule has 1 heterocycles. The Kier molecular flexibility index (Phi) is 5.49. The molecule has 0 spiro atoms. The minimum atomic E-state index is -0.423. The number of benzene rings is 1. The standard InChI is InChI=1S/C19H26O4/c20-12-18-10-17(22)11-19(23-18)15-3-1-2-14(9-15)8-13-4-6-16(21)7-5-13/h1-3,8-9,16-22H,4-7,10-12H2. The summed E-state index contributed by atoms with van der Waals surface area (Å²) in [6.45, 7) is -0.0559. The monoisotopic (exact) mass is 318 g/mol. The highest BCUT2D eigenvalue weighted by molar-refractivity contribution is 5.54. The second-order valence-electron chi connectivity index (χ2n) is 6.76. The molecule has 0 bridgehead atoms. The van der Waals surface area contributed by atoms with Crippen molar-refractivity contribution in [2.45, 2.75) is 62.9 Å². The minimum Gasteiger partial charge on any atom is -0.394 e. The van der Waals surface area contributed by atoms with Crippen LogP contribution in [0.4, 0.5) is 0 Å². The van der Waals surface area contributed by atoms with Gasteiger partial charge >= 0.3 is 0 Å². The Balaban J connectivity index is 1.73. The van der Waals surface area contributed by atoms with Crippen LogP contribution in [0, 0.1) is 0 Å². The lowest BCUT2D eigenvalue weighted by atomic mass is 9.90. The number of hydrogen-bond donors (Lipinski definition) is 3. The van der Waals surface area contributed by atoms with Crippen molar-refractivity contribution in [3.05, 3.63) is 41.0 Å². The van der Waals surface area contributed by atoms with E-state index in [1.54, 1.807) is 0 Å². The normalized spacial score (nSPS) is 31.9. The highest BCUT2D eigenvalue weighted by Gasteiger charge is 2.29. The molecule has 3 rings (SSSR count). The second kappa shape index (κ2) is 7.58. The lowest BCUT2D eigenvalue weighted by Gasteiger charge is -2.32. The fourth-order valence-electron chi connectivity index (χ4n) is 3.52. The fraction of sp³-hybridized carbons (Fsp3) is 0.579. The first kappa shape index (κ1) is 16.7. The lowest BCUT2D eigenvalue weighted by molar-refractivity contribution is -0.113. The van der Waals surface area contributed by atoms with Gasteiger partial charge in [-0.2, -0.15) is 0 Å². The zero-order valence-electron chi connectivity index (χ0n) is 13.4. The van der Waals surface area contributed by atoms with Crippen LogP contribution in [0.3, 0.4) is 0 Å². The first-order chi connectivity index (χ1) is 11.1. The summed E-state index contributed by atoms with van der Waals surface area (Å²) in [6.07, 6.45) is 5.86. The van der Waals surface area contributed by atoms with Gasteiger partial charge in [0.25, 0.3) is 0 Å². The third kappa shape index (κ3) is 4.42. The molecule has 2 aliphatic rings. The summed E-state index contributed by atoms with van der Waals surface area (Å²) in [7, 11) is 0. The number of aliphatic hydroxyl groups excluding tert-OH is 3. The molecule has 3 N–H and O–H groups in total. The Morgan fingerprint density at radius 2 is 1.87 bits per heavy atom. The number of ether oxygens (including phenoxy) is 1. The molecule has 1 aliphatic carbocycles. The Morgan fingerprint density at radius 3 is 2.61 bits per heavy atom. The van der Waals surface area contributed by atoms with Crippen LogP contribution in [0.2, 0.25) is 0 Å². The van der Waals surface area contributed by atoms with Crippen LogP contribution < -0.4 is 0 Å². The maximum atomic E-state index is 9.97. The smallest absolute Gasteiger partial charge is 0.0854 e. The summed E-state index contributed by atoms with van der Waals surface area (Å²) in [5.74, 6) is 0. The molecule has 1 aromatic rings. The van der Waals surface area contributed by atoms with Crippen LogP contribution in [0.15, 0.2) is 29.8 Å². The van der Waals surface area contributed by atoms with E-state index in [-0.39, 0.29) is 24.9 Å². The molecule has 1 saturated heterocycles. The van der Waals surface area contributed by atoms with Crippen molar-refractivity contribution in [1.82, 2.24) is 0 Å². The summed E-state index contributed by atoms with van der Waals surface area (Å²) < 4.78 is 5.89. The molecular weight excluding hydrogens is 292 g/mol.